The van der Waals surface area contributed by atoms with E-state index in [0.717, 1.165) is 10.9 Å². The van der Waals surface area contributed by atoms with Gasteiger partial charge in [-0.3, -0.25) is 14.6 Å². The van der Waals surface area contributed by atoms with Crippen LogP contribution in [0.15, 0.2) is 66.9 Å². The molecule has 0 radical (unpaired) electrons. The Morgan fingerprint density at radius 3 is 2.11 bits per heavy atom. The molecule has 0 aliphatic carbocycles. The fourth-order valence-electron chi connectivity index (χ4n) is 3.81. The Labute approximate surface area is 218 Å². The lowest BCUT2D eigenvalue weighted by atomic mass is 10.0. The van der Waals surface area contributed by atoms with Crippen molar-refractivity contribution in [2.24, 2.45) is 0 Å². The number of ketones is 2. The van der Waals surface area contributed by atoms with Crippen LogP contribution in [0.5, 0.6) is 23.0 Å². The Morgan fingerprint density at radius 2 is 1.44 bits per heavy atom. The Balaban J connectivity index is 1.40. The Hall–Kier alpha value is -3.61. The van der Waals surface area contributed by atoms with Gasteiger partial charge in [-0.2, -0.15) is 0 Å². The normalized spacial score (nSPS) is 10.8. The number of carbonyl (C=O) groups excluding carboxylic acids is 2. The maximum absolute atomic E-state index is 12.5. The molecule has 4 rings (SSSR count). The molecule has 4 aromatic rings. The molecule has 0 bridgehead atoms. The first-order chi connectivity index (χ1) is 17.4. The molecule has 184 valence electrons. The predicted molar refractivity (Wildman–Crippen MR) is 140 cm³/mol. The van der Waals surface area contributed by atoms with Gasteiger partial charge in [0.25, 0.3) is 0 Å². The number of methoxy groups -OCH3 is 2. The predicted octanol–water partition coefficient (Wildman–Crippen LogP) is 6.66. The number of aromatic nitrogens is 1. The zero-order valence-electron chi connectivity index (χ0n) is 19.7. The minimum absolute atomic E-state index is 0.0214. The molecule has 1 heterocycles. The average molecular weight is 524 g/mol. The molecule has 1 aromatic heterocycles. The minimum Gasteiger partial charge on any atom is -0.493 e. The standard InChI is InChI=1S/C28H23Cl2NO5/c1-34-27-15-22-25(16-28(27)35-2)31-11-10-26(22)36-20-8-6-17(7-9-20)12-18(32)13-19(33)14-21-23(29)4-3-5-24(21)30/h3-11,15-16H,12-14H2,1-2H3. The Kier molecular flexibility index (Phi) is 8.08. The molecule has 0 N–H and O–H groups in total. The number of pyridine rings is 1. The second kappa shape index (κ2) is 11.4. The van der Waals surface area contributed by atoms with Gasteiger partial charge in [0.15, 0.2) is 11.5 Å². The third-order valence-corrected chi connectivity index (χ3v) is 6.30. The van der Waals surface area contributed by atoms with Gasteiger partial charge in [-0.1, -0.05) is 41.4 Å². The first-order valence-electron chi connectivity index (χ1n) is 11.1. The van der Waals surface area contributed by atoms with Crippen LogP contribution in [0.2, 0.25) is 10.0 Å². The Morgan fingerprint density at radius 1 is 0.806 bits per heavy atom. The topological polar surface area (TPSA) is 74.7 Å². The van der Waals surface area contributed by atoms with Gasteiger partial charge >= 0.3 is 0 Å². The second-order valence-corrected chi connectivity index (χ2v) is 8.90. The van der Waals surface area contributed by atoms with Crippen LogP contribution in [0.4, 0.5) is 0 Å². The molecular formula is C28H23Cl2NO5. The lowest BCUT2D eigenvalue weighted by Crippen LogP contribution is -2.12. The van der Waals surface area contributed by atoms with E-state index in [2.05, 4.69) is 4.98 Å². The highest BCUT2D eigenvalue weighted by Gasteiger charge is 2.15. The number of ether oxygens (including phenoxy) is 3. The summed E-state index contributed by atoms with van der Waals surface area (Å²) in [6.45, 7) is 0. The van der Waals surface area contributed by atoms with Gasteiger partial charge in [-0.15, -0.1) is 0 Å². The molecule has 0 spiro atoms. The van der Waals surface area contributed by atoms with E-state index in [1.807, 2.05) is 6.07 Å². The fraction of sp³-hybridized carbons (Fsp3) is 0.179. The molecule has 0 saturated carbocycles. The van der Waals surface area contributed by atoms with Crippen molar-refractivity contribution in [3.05, 3.63) is 88.0 Å². The van der Waals surface area contributed by atoms with Crippen molar-refractivity contribution in [3.8, 4) is 23.0 Å². The SMILES string of the molecule is COc1cc2nccc(Oc3ccc(CC(=O)CC(=O)Cc4c(Cl)cccc4Cl)cc3)c2cc1OC. The Bertz CT molecular complexity index is 1400. The van der Waals surface area contributed by atoms with Crippen LogP contribution in [-0.2, 0) is 22.4 Å². The van der Waals surface area contributed by atoms with Crippen molar-refractivity contribution in [3.63, 3.8) is 0 Å². The van der Waals surface area contributed by atoms with Crippen molar-refractivity contribution in [1.82, 2.24) is 4.98 Å². The molecule has 0 aliphatic rings. The summed E-state index contributed by atoms with van der Waals surface area (Å²) in [4.78, 5) is 29.2. The number of hydrogen-bond acceptors (Lipinski definition) is 6. The van der Waals surface area contributed by atoms with Crippen LogP contribution < -0.4 is 14.2 Å². The summed E-state index contributed by atoms with van der Waals surface area (Å²) in [5.41, 5.74) is 2.02. The molecular weight excluding hydrogens is 501 g/mol. The molecule has 36 heavy (non-hydrogen) atoms. The van der Waals surface area contributed by atoms with E-state index in [1.54, 1.807) is 75.0 Å². The van der Waals surface area contributed by atoms with Crippen molar-refractivity contribution in [2.45, 2.75) is 19.3 Å². The summed E-state index contributed by atoms with van der Waals surface area (Å²) in [7, 11) is 3.14. The van der Waals surface area contributed by atoms with Crippen LogP contribution in [-0.4, -0.2) is 30.8 Å². The quantitative estimate of drug-likeness (QED) is 0.216. The zero-order chi connectivity index (χ0) is 25.7. The molecule has 8 heteroatoms. The van der Waals surface area contributed by atoms with Gasteiger partial charge in [0.2, 0.25) is 0 Å². The maximum Gasteiger partial charge on any atom is 0.162 e. The van der Waals surface area contributed by atoms with E-state index in [0.29, 0.717) is 44.1 Å². The van der Waals surface area contributed by atoms with Gasteiger partial charge in [0.1, 0.15) is 23.1 Å². The number of carbonyl (C=O) groups is 2. The second-order valence-electron chi connectivity index (χ2n) is 8.09. The van der Waals surface area contributed by atoms with E-state index in [-0.39, 0.29) is 30.8 Å². The van der Waals surface area contributed by atoms with Gasteiger partial charge in [-0.05, 0) is 47.5 Å². The third kappa shape index (κ3) is 5.96. The first kappa shape index (κ1) is 25.5. The molecule has 3 aromatic carbocycles. The molecule has 6 nitrogen and oxygen atoms in total. The van der Waals surface area contributed by atoms with Crippen molar-refractivity contribution in [1.29, 1.82) is 0 Å². The van der Waals surface area contributed by atoms with Crippen molar-refractivity contribution >= 4 is 45.7 Å². The van der Waals surface area contributed by atoms with E-state index in [9.17, 15) is 9.59 Å². The summed E-state index contributed by atoms with van der Waals surface area (Å²) in [6, 6.07) is 17.6. The van der Waals surface area contributed by atoms with Crippen molar-refractivity contribution < 1.29 is 23.8 Å². The van der Waals surface area contributed by atoms with Crippen LogP contribution in [0.1, 0.15) is 17.5 Å². The molecule has 0 unspecified atom stereocenters. The number of benzene rings is 3. The number of nitrogens with zero attached hydrogens (tertiary/aromatic N) is 1. The van der Waals surface area contributed by atoms with Gasteiger partial charge in [-0.25, -0.2) is 0 Å². The van der Waals surface area contributed by atoms with E-state index in [4.69, 9.17) is 37.4 Å². The van der Waals surface area contributed by atoms with Crippen LogP contribution in [0, 0.1) is 0 Å². The molecule has 0 amide bonds. The highest BCUT2D eigenvalue weighted by Crippen LogP contribution is 2.36. The molecule has 0 saturated heterocycles. The largest absolute Gasteiger partial charge is 0.493 e. The lowest BCUT2D eigenvalue weighted by Gasteiger charge is -2.12. The number of Topliss-reactive ketones (excluding diaryl/α,β-unsaturated/α-hetero) is 2. The first-order valence-corrected chi connectivity index (χ1v) is 11.9. The summed E-state index contributed by atoms with van der Waals surface area (Å²) < 4.78 is 16.8. The average Bonchev–Trinajstić information content (AvgIpc) is 2.86. The molecule has 0 fully saturated rings. The van der Waals surface area contributed by atoms with E-state index in [1.165, 1.54) is 0 Å². The van der Waals surface area contributed by atoms with Crippen LogP contribution in [0.3, 0.4) is 0 Å². The third-order valence-electron chi connectivity index (χ3n) is 5.59. The summed E-state index contributed by atoms with van der Waals surface area (Å²) in [6.07, 6.45) is 1.63. The monoisotopic (exact) mass is 523 g/mol. The summed E-state index contributed by atoms with van der Waals surface area (Å²) in [5.74, 6) is 1.94. The smallest absolute Gasteiger partial charge is 0.162 e. The van der Waals surface area contributed by atoms with E-state index < -0.39 is 0 Å². The molecule has 0 atom stereocenters. The van der Waals surface area contributed by atoms with Crippen molar-refractivity contribution in [2.75, 3.05) is 14.2 Å². The maximum atomic E-state index is 12.5. The fourth-order valence-corrected chi connectivity index (χ4v) is 4.34. The molecule has 0 aliphatic heterocycles. The minimum atomic E-state index is -0.230. The van der Waals surface area contributed by atoms with Gasteiger partial charge in [0, 0.05) is 40.5 Å². The summed E-state index contributed by atoms with van der Waals surface area (Å²) >= 11 is 12.2. The van der Waals surface area contributed by atoms with Gasteiger partial charge in [0.05, 0.1) is 26.2 Å². The van der Waals surface area contributed by atoms with Gasteiger partial charge < -0.3 is 14.2 Å². The zero-order valence-corrected chi connectivity index (χ0v) is 21.2. The number of hydrogen-bond donors (Lipinski definition) is 0. The summed E-state index contributed by atoms with van der Waals surface area (Å²) in [5, 5.41) is 1.60. The number of rotatable bonds is 10. The van der Waals surface area contributed by atoms with Crippen LogP contribution in [0.25, 0.3) is 10.9 Å². The lowest BCUT2D eigenvalue weighted by molar-refractivity contribution is -0.126. The highest BCUT2D eigenvalue weighted by molar-refractivity contribution is 6.36. The highest BCUT2D eigenvalue weighted by atomic mass is 35.5. The number of fused-ring (bicyclic) bond motifs is 1. The van der Waals surface area contributed by atoms with E-state index >= 15 is 0 Å². The van der Waals surface area contributed by atoms with Crippen LogP contribution >= 0.6 is 23.2 Å². The number of halogens is 2.